The molecule has 0 saturated carbocycles. The molecule has 172 valence electrons. The first kappa shape index (κ1) is 22.5. The molecule has 2 aromatic rings. The number of hydrogen-bond acceptors (Lipinski definition) is 5. The lowest BCUT2D eigenvalue weighted by molar-refractivity contribution is -0.274. The van der Waals surface area contributed by atoms with E-state index in [-0.39, 0.29) is 24.5 Å². The molecule has 2 heterocycles. The van der Waals surface area contributed by atoms with Gasteiger partial charge in [0.1, 0.15) is 5.75 Å². The predicted molar refractivity (Wildman–Crippen MR) is 111 cm³/mol. The average molecular weight is 471 g/mol. The zero-order chi connectivity index (χ0) is 22.7. The molecule has 0 aliphatic carbocycles. The summed E-state index contributed by atoms with van der Waals surface area (Å²) < 4.78 is 51.5. The highest BCUT2D eigenvalue weighted by molar-refractivity contribution is 6.31. The first-order valence-electron chi connectivity index (χ1n) is 10.2. The van der Waals surface area contributed by atoms with Crippen molar-refractivity contribution in [1.82, 2.24) is 10.2 Å². The van der Waals surface area contributed by atoms with E-state index < -0.39 is 6.36 Å². The monoisotopic (exact) mass is 470 g/mol. The number of alkyl halides is 3. The summed E-state index contributed by atoms with van der Waals surface area (Å²) in [6, 6.07) is 9.27. The second kappa shape index (κ2) is 9.46. The van der Waals surface area contributed by atoms with Crippen molar-refractivity contribution in [3.63, 3.8) is 0 Å². The van der Waals surface area contributed by atoms with Gasteiger partial charge in [-0.05, 0) is 48.7 Å². The Kier molecular flexibility index (Phi) is 6.66. The molecular weight excluding hydrogens is 449 g/mol. The number of nitrogens with zero attached hydrogens (tertiary/aromatic N) is 1. The molecule has 0 spiro atoms. The highest BCUT2D eigenvalue weighted by Gasteiger charge is 2.32. The number of carbonyl (C=O) groups is 1. The van der Waals surface area contributed by atoms with Crippen molar-refractivity contribution in [3.8, 4) is 17.2 Å². The molecule has 0 aromatic heterocycles. The van der Waals surface area contributed by atoms with Crippen molar-refractivity contribution in [3.05, 3.63) is 52.5 Å². The topological polar surface area (TPSA) is 60.0 Å². The Labute approximate surface area is 188 Å². The Balaban J connectivity index is 1.28. The molecule has 0 radical (unpaired) electrons. The van der Waals surface area contributed by atoms with Crippen LogP contribution in [0.1, 0.15) is 30.4 Å². The lowest BCUT2D eigenvalue weighted by Gasteiger charge is -2.25. The number of rotatable bonds is 8. The molecule has 10 heteroatoms. The van der Waals surface area contributed by atoms with Gasteiger partial charge in [-0.15, -0.1) is 13.2 Å². The fourth-order valence-electron chi connectivity index (χ4n) is 3.89. The number of amides is 1. The number of hydrogen-bond donors (Lipinski definition) is 1. The maximum absolute atomic E-state index is 12.3. The van der Waals surface area contributed by atoms with Crippen LogP contribution in [0.15, 0.2) is 36.4 Å². The molecule has 2 aromatic carbocycles. The van der Waals surface area contributed by atoms with Crippen LogP contribution in [-0.4, -0.2) is 36.5 Å². The number of carbonyl (C=O) groups excluding carboxylic acids is 1. The molecule has 1 amide bonds. The van der Waals surface area contributed by atoms with Gasteiger partial charge in [0.05, 0.1) is 0 Å². The van der Waals surface area contributed by atoms with Gasteiger partial charge in [-0.1, -0.05) is 23.7 Å². The standard InChI is InChI=1S/C22H22ClF3N2O4/c23-18-10-20-19(30-13-31-20)9-15(18)11-27-8-7-16-3-6-21(29)28(16)12-14-1-4-17(5-2-14)32-22(24,25)26/h1-2,4-5,9-10,16,27H,3,6-8,11-13H2/t16-/m0/s1. The van der Waals surface area contributed by atoms with Crippen molar-refractivity contribution in [2.75, 3.05) is 13.3 Å². The van der Waals surface area contributed by atoms with E-state index in [0.29, 0.717) is 42.6 Å². The highest BCUT2D eigenvalue weighted by atomic mass is 35.5. The van der Waals surface area contributed by atoms with E-state index in [2.05, 4.69) is 10.1 Å². The van der Waals surface area contributed by atoms with E-state index in [9.17, 15) is 18.0 Å². The molecule has 1 fully saturated rings. The quantitative estimate of drug-likeness (QED) is 0.570. The van der Waals surface area contributed by atoms with Crippen LogP contribution in [-0.2, 0) is 17.9 Å². The van der Waals surface area contributed by atoms with E-state index in [1.807, 2.05) is 6.07 Å². The summed E-state index contributed by atoms with van der Waals surface area (Å²) in [4.78, 5) is 14.1. The van der Waals surface area contributed by atoms with Gasteiger partial charge in [-0.3, -0.25) is 4.79 Å². The Bertz CT molecular complexity index is 969. The number of likely N-dealkylation sites (tertiary alicyclic amines) is 1. The van der Waals surface area contributed by atoms with Gasteiger partial charge in [0.2, 0.25) is 12.7 Å². The molecule has 1 atom stereocenters. The van der Waals surface area contributed by atoms with Gasteiger partial charge in [-0.25, -0.2) is 0 Å². The van der Waals surface area contributed by atoms with Crippen LogP contribution < -0.4 is 19.5 Å². The number of nitrogens with one attached hydrogen (secondary N) is 1. The van der Waals surface area contributed by atoms with Gasteiger partial charge >= 0.3 is 6.36 Å². The lowest BCUT2D eigenvalue weighted by atomic mass is 10.1. The smallest absolute Gasteiger partial charge is 0.454 e. The zero-order valence-electron chi connectivity index (χ0n) is 17.1. The van der Waals surface area contributed by atoms with E-state index in [1.54, 1.807) is 23.1 Å². The Hall–Kier alpha value is -2.65. The molecular formula is C22H22ClF3N2O4. The number of ether oxygens (including phenoxy) is 3. The van der Waals surface area contributed by atoms with Crippen LogP contribution in [0.4, 0.5) is 13.2 Å². The molecule has 2 aliphatic rings. The van der Waals surface area contributed by atoms with Gasteiger partial charge < -0.3 is 24.4 Å². The molecule has 6 nitrogen and oxygen atoms in total. The van der Waals surface area contributed by atoms with Gasteiger partial charge in [-0.2, -0.15) is 0 Å². The first-order chi connectivity index (χ1) is 15.3. The number of fused-ring (bicyclic) bond motifs is 1. The second-order valence-corrected chi connectivity index (χ2v) is 8.08. The van der Waals surface area contributed by atoms with E-state index >= 15 is 0 Å². The Morgan fingerprint density at radius 3 is 2.59 bits per heavy atom. The van der Waals surface area contributed by atoms with Crippen molar-refractivity contribution in [2.24, 2.45) is 0 Å². The summed E-state index contributed by atoms with van der Waals surface area (Å²) in [6.45, 7) is 1.77. The molecule has 0 bridgehead atoms. The third-order valence-electron chi connectivity index (χ3n) is 5.47. The normalized spacial score (nSPS) is 17.8. The SMILES string of the molecule is O=C1CC[C@@H](CCNCc2cc3c(cc2Cl)OCO3)N1Cc1ccc(OC(F)(F)F)cc1. The first-order valence-corrected chi connectivity index (χ1v) is 10.6. The molecule has 2 aliphatic heterocycles. The second-order valence-electron chi connectivity index (χ2n) is 7.67. The molecule has 0 unspecified atom stereocenters. The summed E-state index contributed by atoms with van der Waals surface area (Å²) in [6.07, 6.45) is -2.76. The molecule has 1 saturated heterocycles. The van der Waals surface area contributed by atoms with Crippen molar-refractivity contribution < 1.29 is 32.2 Å². The largest absolute Gasteiger partial charge is 0.573 e. The minimum Gasteiger partial charge on any atom is -0.454 e. The van der Waals surface area contributed by atoms with Crippen LogP contribution in [0.3, 0.4) is 0 Å². The summed E-state index contributed by atoms with van der Waals surface area (Å²) in [5.41, 5.74) is 1.65. The zero-order valence-corrected chi connectivity index (χ0v) is 17.8. The Morgan fingerprint density at radius 2 is 1.88 bits per heavy atom. The van der Waals surface area contributed by atoms with Gasteiger partial charge in [0, 0.05) is 36.6 Å². The lowest BCUT2D eigenvalue weighted by Crippen LogP contribution is -2.34. The molecule has 1 N–H and O–H groups in total. The Morgan fingerprint density at radius 1 is 1.16 bits per heavy atom. The minimum absolute atomic E-state index is 0.0458. The summed E-state index contributed by atoms with van der Waals surface area (Å²) in [5.74, 6) is 1.07. The molecule has 4 rings (SSSR count). The third-order valence-corrected chi connectivity index (χ3v) is 5.83. The average Bonchev–Trinajstić information content (AvgIpc) is 3.32. The van der Waals surface area contributed by atoms with Crippen molar-refractivity contribution in [1.29, 1.82) is 0 Å². The number of halogens is 4. The maximum Gasteiger partial charge on any atom is 0.573 e. The van der Waals surface area contributed by atoms with Gasteiger partial charge in [0.25, 0.3) is 0 Å². The van der Waals surface area contributed by atoms with Crippen molar-refractivity contribution in [2.45, 2.75) is 44.8 Å². The third kappa shape index (κ3) is 5.58. The fraction of sp³-hybridized carbons (Fsp3) is 0.409. The van der Waals surface area contributed by atoms with Crippen LogP contribution in [0.2, 0.25) is 5.02 Å². The van der Waals surface area contributed by atoms with E-state index in [0.717, 1.165) is 24.0 Å². The van der Waals surface area contributed by atoms with Crippen LogP contribution in [0.25, 0.3) is 0 Å². The molecule has 32 heavy (non-hydrogen) atoms. The van der Waals surface area contributed by atoms with Crippen LogP contribution >= 0.6 is 11.6 Å². The highest BCUT2D eigenvalue weighted by Crippen LogP contribution is 2.36. The van der Waals surface area contributed by atoms with Gasteiger partial charge in [0.15, 0.2) is 11.5 Å². The van der Waals surface area contributed by atoms with E-state index in [4.69, 9.17) is 21.1 Å². The maximum atomic E-state index is 12.3. The fourth-order valence-corrected chi connectivity index (χ4v) is 4.11. The summed E-state index contributed by atoms with van der Waals surface area (Å²) in [5, 5.41) is 3.94. The number of benzene rings is 2. The van der Waals surface area contributed by atoms with Crippen LogP contribution in [0.5, 0.6) is 17.2 Å². The summed E-state index contributed by atoms with van der Waals surface area (Å²) >= 11 is 6.29. The van der Waals surface area contributed by atoms with E-state index in [1.165, 1.54) is 12.1 Å². The minimum atomic E-state index is -4.73. The van der Waals surface area contributed by atoms with Crippen molar-refractivity contribution >= 4 is 17.5 Å². The van der Waals surface area contributed by atoms with Crippen LogP contribution in [0, 0.1) is 0 Å². The summed E-state index contributed by atoms with van der Waals surface area (Å²) in [7, 11) is 0. The predicted octanol–water partition coefficient (Wildman–Crippen LogP) is 4.64.